The number of H-pyrrole nitrogens is 1. The molecule has 8 heteroatoms. The number of ether oxygens (including phenoxy) is 1. The van der Waals surface area contributed by atoms with Gasteiger partial charge in [0.2, 0.25) is 0 Å². The SMILES string of the molecule is O=c1[nH]c(=O)n([C@@H]2O[C@H](CO)[C@@H](O)[C@H]2O)cc1C1CC1. The number of nitrogens with zero attached hydrogens (tertiary/aromatic N) is 1. The number of aliphatic hydroxyl groups excluding tert-OH is 3. The van der Waals surface area contributed by atoms with Gasteiger partial charge in [0.05, 0.1) is 6.61 Å². The first-order chi connectivity index (χ1) is 9.52. The van der Waals surface area contributed by atoms with Crippen molar-refractivity contribution in [3.63, 3.8) is 0 Å². The average Bonchev–Trinajstić information content (AvgIpc) is 3.20. The topological polar surface area (TPSA) is 125 Å². The smallest absolute Gasteiger partial charge is 0.330 e. The molecular weight excluding hydrogens is 268 g/mol. The number of nitrogens with one attached hydrogen (secondary N) is 1. The van der Waals surface area contributed by atoms with Crippen LogP contribution in [0, 0.1) is 0 Å². The Hall–Kier alpha value is -1.48. The van der Waals surface area contributed by atoms with E-state index in [-0.39, 0.29) is 5.92 Å². The van der Waals surface area contributed by atoms with Crippen molar-refractivity contribution in [3.05, 3.63) is 32.6 Å². The Balaban J connectivity index is 2.00. The zero-order valence-electron chi connectivity index (χ0n) is 10.6. The minimum Gasteiger partial charge on any atom is -0.394 e. The van der Waals surface area contributed by atoms with Crippen molar-refractivity contribution in [1.82, 2.24) is 9.55 Å². The highest BCUT2D eigenvalue weighted by molar-refractivity contribution is 5.17. The summed E-state index contributed by atoms with van der Waals surface area (Å²) >= 11 is 0. The average molecular weight is 284 g/mol. The zero-order chi connectivity index (χ0) is 14.4. The van der Waals surface area contributed by atoms with Gasteiger partial charge in [-0.05, 0) is 18.8 Å². The molecule has 0 radical (unpaired) electrons. The highest BCUT2D eigenvalue weighted by atomic mass is 16.6. The van der Waals surface area contributed by atoms with Gasteiger partial charge in [0.25, 0.3) is 5.56 Å². The van der Waals surface area contributed by atoms with Crippen molar-refractivity contribution in [3.8, 4) is 0 Å². The molecule has 1 aliphatic heterocycles. The lowest BCUT2D eigenvalue weighted by molar-refractivity contribution is -0.0551. The summed E-state index contributed by atoms with van der Waals surface area (Å²) in [5, 5.41) is 28.7. The van der Waals surface area contributed by atoms with Gasteiger partial charge >= 0.3 is 5.69 Å². The highest BCUT2D eigenvalue weighted by Crippen LogP contribution is 2.38. The molecule has 4 N–H and O–H groups in total. The van der Waals surface area contributed by atoms with Crippen LogP contribution in [0.4, 0.5) is 0 Å². The molecule has 1 saturated carbocycles. The van der Waals surface area contributed by atoms with E-state index in [1.807, 2.05) is 0 Å². The van der Waals surface area contributed by atoms with Gasteiger partial charge < -0.3 is 20.1 Å². The van der Waals surface area contributed by atoms with Crippen molar-refractivity contribution >= 4 is 0 Å². The van der Waals surface area contributed by atoms with Crippen LogP contribution in [0.25, 0.3) is 0 Å². The molecule has 4 atom stereocenters. The summed E-state index contributed by atoms with van der Waals surface area (Å²) in [5.74, 6) is 0.128. The fourth-order valence-corrected chi connectivity index (χ4v) is 2.48. The summed E-state index contributed by atoms with van der Waals surface area (Å²) in [5.41, 5.74) is -0.669. The summed E-state index contributed by atoms with van der Waals surface area (Å²) in [6, 6.07) is 0. The summed E-state index contributed by atoms with van der Waals surface area (Å²) in [6.07, 6.45) is -1.56. The highest BCUT2D eigenvalue weighted by Gasteiger charge is 2.44. The van der Waals surface area contributed by atoms with Crippen LogP contribution in [0.15, 0.2) is 15.8 Å². The fourth-order valence-electron chi connectivity index (χ4n) is 2.48. The maximum atomic E-state index is 11.8. The lowest BCUT2D eigenvalue weighted by Crippen LogP contribution is -2.38. The van der Waals surface area contributed by atoms with Crippen molar-refractivity contribution in [2.75, 3.05) is 6.61 Å². The zero-order valence-corrected chi connectivity index (χ0v) is 10.6. The second-order valence-electron chi connectivity index (χ2n) is 5.25. The molecule has 2 heterocycles. The van der Waals surface area contributed by atoms with Crippen molar-refractivity contribution in [1.29, 1.82) is 0 Å². The van der Waals surface area contributed by atoms with E-state index in [1.165, 1.54) is 6.20 Å². The first kappa shape index (κ1) is 13.5. The van der Waals surface area contributed by atoms with Crippen LogP contribution in [-0.4, -0.2) is 49.8 Å². The molecule has 0 aromatic carbocycles. The van der Waals surface area contributed by atoms with Crippen molar-refractivity contribution < 1.29 is 20.1 Å². The van der Waals surface area contributed by atoms with Gasteiger partial charge in [0, 0.05) is 11.8 Å². The normalized spacial score (nSPS) is 33.5. The van der Waals surface area contributed by atoms with Crippen LogP contribution < -0.4 is 11.2 Å². The van der Waals surface area contributed by atoms with Crippen molar-refractivity contribution in [2.24, 2.45) is 0 Å². The summed E-state index contributed by atoms with van der Waals surface area (Å²) in [6.45, 7) is -0.470. The molecular formula is C12H16N2O6. The Morgan fingerprint density at radius 3 is 2.55 bits per heavy atom. The van der Waals surface area contributed by atoms with Gasteiger partial charge in [-0.25, -0.2) is 4.79 Å². The summed E-state index contributed by atoms with van der Waals surface area (Å²) < 4.78 is 6.36. The molecule has 0 bridgehead atoms. The Bertz CT molecular complexity index is 619. The standard InChI is InChI=1S/C12H16N2O6/c15-4-7-8(16)9(17)11(20-7)14-3-6(5-1-2-5)10(18)13-12(14)19/h3,5,7-9,11,15-17H,1-2,4H2,(H,13,18,19)/t7-,8-,9-,11-/m1/s1. The van der Waals surface area contributed by atoms with E-state index in [2.05, 4.69) is 4.98 Å². The number of rotatable bonds is 3. The number of aliphatic hydroxyl groups is 3. The summed E-state index contributed by atoms with van der Waals surface area (Å²) in [7, 11) is 0. The Kier molecular flexibility index (Phi) is 3.25. The predicted molar refractivity (Wildman–Crippen MR) is 66.3 cm³/mol. The van der Waals surface area contributed by atoms with E-state index in [0.29, 0.717) is 5.56 Å². The Morgan fingerprint density at radius 2 is 2.00 bits per heavy atom. The maximum Gasteiger partial charge on any atom is 0.330 e. The second kappa shape index (κ2) is 4.81. The maximum absolute atomic E-state index is 11.8. The molecule has 0 amide bonds. The molecule has 8 nitrogen and oxygen atoms in total. The molecule has 1 aromatic heterocycles. The van der Waals surface area contributed by atoms with E-state index in [9.17, 15) is 19.8 Å². The van der Waals surface area contributed by atoms with E-state index in [0.717, 1.165) is 17.4 Å². The van der Waals surface area contributed by atoms with Crippen LogP contribution >= 0.6 is 0 Å². The van der Waals surface area contributed by atoms with Crippen molar-refractivity contribution in [2.45, 2.75) is 43.3 Å². The third-order valence-corrected chi connectivity index (χ3v) is 3.80. The lowest BCUT2D eigenvalue weighted by Gasteiger charge is -2.17. The molecule has 110 valence electrons. The van der Waals surface area contributed by atoms with E-state index < -0.39 is 42.4 Å². The minimum atomic E-state index is -1.34. The molecule has 2 fully saturated rings. The predicted octanol–water partition coefficient (Wildman–Crippen LogP) is -1.97. The fraction of sp³-hybridized carbons (Fsp3) is 0.667. The van der Waals surface area contributed by atoms with E-state index in [4.69, 9.17) is 9.84 Å². The minimum absolute atomic E-state index is 0.128. The Labute approximate surface area is 113 Å². The summed E-state index contributed by atoms with van der Waals surface area (Å²) in [4.78, 5) is 25.7. The Morgan fingerprint density at radius 1 is 1.30 bits per heavy atom. The second-order valence-corrected chi connectivity index (χ2v) is 5.25. The molecule has 1 saturated heterocycles. The number of hydrogen-bond donors (Lipinski definition) is 4. The van der Waals surface area contributed by atoms with Gasteiger partial charge in [0.1, 0.15) is 18.3 Å². The van der Waals surface area contributed by atoms with Gasteiger partial charge in [-0.2, -0.15) is 0 Å². The van der Waals surface area contributed by atoms with Crippen LogP contribution in [0.3, 0.4) is 0 Å². The van der Waals surface area contributed by atoms with Gasteiger partial charge in [0.15, 0.2) is 6.23 Å². The van der Waals surface area contributed by atoms with E-state index >= 15 is 0 Å². The first-order valence-electron chi connectivity index (χ1n) is 6.50. The van der Waals surface area contributed by atoms with Crippen LogP contribution in [0.2, 0.25) is 0 Å². The van der Waals surface area contributed by atoms with Crippen LogP contribution in [-0.2, 0) is 4.74 Å². The van der Waals surface area contributed by atoms with Gasteiger partial charge in [-0.1, -0.05) is 0 Å². The number of hydrogen-bond acceptors (Lipinski definition) is 6. The van der Waals surface area contributed by atoms with Crippen LogP contribution in [0.1, 0.15) is 30.6 Å². The first-order valence-corrected chi connectivity index (χ1v) is 6.50. The molecule has 0 spiro atoms. The molecule has 1 aromatic rings. The quantitative estimate of drug-likeness (QED) is 0.510. The molecule has 1 aliphatic carbocycles. The van der Waals surface area contributed by atoms with E-state index in [1.54, 1.807) is 0 Å². The number of aromatic nitrogens is 2. The molecule has 20 heavy (non-hydrogen) atoms. The van der Waals surface area contributed by atoms with Crippen LogP contribution in [0.5, 0.6) is 0 Å². The monoisotopic (exact) mass is 284 g/mol. The molecule has 3 rings (SSSR count). The van der Waals surface area contributed by atoms with Gasteiger partial charge in [-0.15, -0.1) is 0 Å². The van der Waals surface area contributed by atoms with Gasteiger partial charge in [-0.3, -0.25) is 14.3 Å². The molecule has 0 unspecified atom stereocenters. The third kappa shape index (κ3) is 2.10. The third-order valence-electron chi connectivity index (χ3n) is 3.80. The number of aromatic amines is 1. The lowest BCUT2D eigenvalue weighted by atomic mass is 10.1. The molecule has 2 aliphatic rings. The largest absolute Gasteiger partial charge is 0.394 e.